The smallest absolute Gasteiger partial charge is 0.253 e. The maximum atomic E-state index is 13.8. The average molecular weight is 519 g/mol. The van der Waals surface area contributed by atoms with Crippen LogP contribution in [0.1, 0.15) is 35.3 Å². The molecule has 0 saturated heterocycles. The van der Waals surface area contributed by atoms with Crippen molar-refractivity contribution in [1.82, 2.24) is 10.6 Å². The highest BCUT2D eigenvalue weighted by Crippen LogP contribution is 2.25. The summed E-state index contributed by atoms with van der Waals surface area (Å²) in [5.41, 5.74) is 2.96. The van der Waals surface area contributed by atoms with Crippen LogP contribution >= 0.6 is 0 Å². The summed E-state index contributed by atoms with van der Waals surface area (Å²) in [5.74, 6) is -2.20. The zero-order valence-electron chi connectivity index (χ0n) is 21.2. The zero-order chi connectivity index (χ0) is 27.1. The Kier molecular flexibility index (Phi) is 9.18. The molecular formula is C31H32F2N2O3. The highest BCUT2D eigenvalue weighted by atomic mass is 19.1. The molecule has 0 aromatic heterocycles. The lowest BCUT2D eigenvalue weighted by Crippen LogP contribution is -2.50. The second kappa shape index (κ2) is 12.7. The zero-order valence-corrected chi connectivity index (χ0v) is 21.2. The van der Waals surface area contributed by atoms with E-state index >= 15 is 0 Å². The van der Waals surface area contributed by atoms with Crippen LogP contribution in [-0.4, -0.2) is 34.8 Å². The van der Waals surface area contributed by atoms with Gasteiger partial charge < -0.3 is 20.8 Å². The number of fused-ring (bicyclic) bond motifs is 1. The number of halogens is 2. The van der Waals surface area contributed by atoms with Gasteiger partial charge in [-0.25, -0.2) is 8.78 Å². The van der Waals surface area contributed by atoms with Crippen LogP contribution in [0, 0.1) is 11.6 Å². The summed E-state index contributed by atoms with van der Waals surface area (Å²) in [5, 5.41) is 29.4. The van der Waals surface area contributed by atoms with Crippen molar-refractivity contribution in [3.63, 3.8) is 0 Å². The molecular weight excluding hydrogens is 486 g/mol. The first-order valence-electron chi connectivity index (χ1n) is 12.7. The minimum absolute atomic E-state index is 0.0309. The van der Waals surface area contributed by atoms with Crippen molar-refractivity contribution in [1.29, 1.82) is 0 Å². The monoisotopic (exact) mass is 518 g/mol. The topological polar surface area (TPSA) is 81.6 Å². The predicted octanol–water partition coefficient (Wildman–Crippen LogP) is 4.59. The van der Waals surface area contributed by atoms with Gasteiger partial charge in [0.15, 0.2) is 6.10 Å². The van der Waals surface area contributed by atoms with Crippen molar-refractivity contribution >= 4 is 16.7 Å². The van der Waals surface area contributed by atoms with E-state index in [-0.39, 0.29) is 18.5 Å². The van der Waals surface area contributed by atoms with Crippen LogP contribution in [0.25, 0.3) is 10.8 Å². The predicted molar refractivity (Wildman–Crippen MR) is 144 cm³/mol. The number of carbonyl (C=O) groups is 1. The number of aliphatic hydroxyl groups is 2. The standard InChI is InChI=1S/C31H32F2N2O3/c1-2-20-7-5-8-21(13-20)18-34-19-29(36)28(16-22-14-24(32)17-25(33)15-22)35-31(38)30(37)27-12-6-10-23-9-3-4-11-26(23)27/h3-15,17,28-30,34,36-37H,2,16,18-19H2,1H3,(H,35,38)/t28-,29+,30+/m0/s1. The van der Waals surface area contributed by atoms with Gasteiger partial charge in [-0.05, 0) is 58.0 Å². The van der Waals surface area contributed by atoms with Crippen LogP contribution in [0.2, 0.25) is 0 Å². The van der Waals surface area contributed by atoms with Crippen molar-refractivity contribution in [3.8, 4) is 0 Å². The Morgan fingerprint density at radius 3 is 2.29 bits per heavy atom. The van der Waals surface area contributed by atoms with Gasteiger partial charge in [0.25, 0.3) is 5.91 Å². The van der Waals surface area contributed by atoms with E-state index in [4.69, 9.17) is 0 Å². The number of hydrogen-bond donors (Lipinski definition) is 4. The molecule has 4 rings (SSSR count). The molecule has 0 radical (unpaired) electrons. The van der Waals surface area contributed by atoms with E-state index in [0.717, 1.165) is 28.8 Å². The first-order chi connectivity index (χ1) is 18.3. The molecule has 1 amide bonds. The molecule has 4 aromatic carbocycles. The van der Waals surface area contributed by atoms with E-state index in [1.807, 2.05) is 48.5 Å². The normalized spacial score (nSPS) is 13.7. The van der Waals surface area contributed by atoms with Crippen molar-refractivity contribution in [3.05, 3.63) is 119 Å². The molecule has 3 atom stereocenters. The van der Waals surface area contributed by atoms with Crippen molar-refractivity contribution in [2.75, 3.05) is 6.54 Å². The van der Waals surface area contributed by atoms with Gasteiger partial charge in [0.2, 0.25) is 0 Å². The number of nitrogens with one attached hydrogen (secondary N) is 2. The molecule has 0 bridgehead atoms. The van der Waals surface area contributed by atoms with E-state index in [1.54, 1.807) is 12.1 Å². The fourth-order valence-electron chi connectivity index (χ4n) is 4.62. The Hall–Kier alpha value is -3.65. The Morgan fingerprint density at radius 2 is 1.53 bits per heavy atom. The van der Waals surface area contributed by atoms with Gasteiger partial charge in [0.1, 0.15) is 11.6 Å². The fourth-order valence-corrected chi connectivity index (χ4v) is 4.62. The van der Waals surface area contributed by atoms with E-state index in [1.165, 1.54) is 17.7 Å². The molecule has 0 saturated carbocycles. The Bertz CT molecular complexity index is 1370. The quantitative estimate of drug-likeness (QED) is 0.234. The highest BCUT2D eigenvalue weighted by molar-refractivity contribution is 5.92. The molecule has 0 aliphatic rings. The van der Waals surface area contributed by atoms with Crippen molar-refractivity contribution < 1.29 is 23.8 Å². The maximum absolute atomic E-state index is 13.8. The lowest BCUT2D eigenvalue weighted by atomic mass is 9.97. The lowest BCUT2D eigenvalue weighted by molar-refractivity contribution is -0.131. The first kappa shape index (κ1) is 27.4. The summed E-state index contributed by atoms with van der Waals surface area (Å²) in [6.45, 7) is 2.69. The summed E-state index contributed by atoms with van der Waals surface area (Å²) in [4.78, 5) is 13.2. The van der Waals surface area contributed by atoms with Gasteiger partial charge in [-0.2, -0.15) is 0 Å². The van der Waals surface area contributed by atoms with Gasteiger partial charge in [0, 0.05) is 19.2 Å². The van der Waals surface area contributed by atoms with Gasteiger partial charge in [-0.15, -0.1) is 0 Å². The number of aryl methyl sites for hydroxylation is 1. The van der Waals surface area contributed by atoms with E-state index in [0.29, 0.717) is 12.1 Å². The second-order valence-electron chi connectivity index (χ2n) is 9.44. The van der Waals surface area contributed by atoms with Crippen molar-refractivity contribution in [2.45, 2.75) is 44.6 Å². The third kappa shape index (κ3) is 7.01. The SMILES string of the molecule is CCc1cccc(CNC[C@@H](O)[C@H](Cc2cc(F)cc(F)c2)NC(=O)[C@H](O)c2cccc3ccccc23)c1. The van der Waals surface area contributed by atoms with Crippen LogP contribution in [-0.2, 0) is 24.2 Å². The lowest BCUT2D eigenvalue weighted by Gasteiger charge is -2.26. The number of carbonyl (C=O) groups excluding carboxylic acids is 1. The first-order valence-corrected chi connectivity index (χ1v) is 12.7. The van der Waals surface area contributed by atoms with Crippen LogP contribution in [0.3, 0.4) is 0 Å². The number of amides is 1. The number of hydrogen-bond acceptors (Lipinski definition) is 4. The molecule has 4 N–H and O–H groups in total. The largest absolute Gasteiger partial charge is 0.390 e. The highest BCUT2D eigenvalue weighted by Gasteiger charge is 2.27. The molecule has 7 heteroatoms. The van der Waals surface area contributed by atoms with E-state index < -0.39 is 35.8 Å². The minimum Gasteiger partial charge on any atom is -0.390 e. The molecule has 0 spiro atoms. The van der Waals surface area contributed by atoms with Crippen LogP contribution < -0.4 is 10.6 Å². The summed E-state index contributed by atoms with van der Waals surface area (Å²) < 4.78 is 27.7. The number of benzene rings is 4. The Balaban J connectivity index is 1.50. The molecule has 0 heterocycles. The molecule has 0 aliphatic carbocycles. The third-order valence-corrected chi connectivity index (χ3v) is 6.62. The molecule has 38 heavy (non-hydrogen) atoms. The maximum Gasteiger partial charge on any atom is 0.253 e. The average Bonchev–Trinajstić information content (AvgIpc) is 2.91. The van der Waals surface area contributed by atoms with Gasteiger partial charge in [-0.1, -0.05) is 73.7 Å². The van der Waals surface area contributed by atoms with E-state index in [2.05, 4.69) is 23.6 Å². The van der Waals surface area contributed by atoms with Gasteiger partial charge in [0.05, 0.1) is 12.1 Å². The second-order valence-corrected chi connectivity index (χ2v) is 9.44. The van der Waals surface area contributed by atoms with E-state index in [9.17, 15) is 23.8 Å². The molecule has 0 unspecified atom stereocenters. The summed E-state index contributed by atoms with van der Waals surface area (Å²) in [6.07, 6.45) is -1.71. The molecule has 0 fully saturated rings. The number of rotatable bonds is 11. The molecule has 5 nitrogen and oxygen atoms in total. The molecule has 4 aromatic rings. The Labute approximate surface area is 221 Å². The molecule has 198 valence electrons. The van der Waals surface area contributed by atoms with Crippen LogP contribution in [0.4, 0.5) is 8.78 Å². The van der Waals surface area contributed by atoms with Gasteiger partial charge >= 0.3 is 0 Å². The Morgan fingerprint density at radius 1 is 0.842 bits per heavy atom. The van der Waals surface area contributed by atoms with Crippen LogP contribution in [0.15, 0.2) is 84.9 Å². The van der Waals surface area contributed by atoms with Crippen molar-refractivity contribution in [2.24, 2.45) is 0 Å². The molecule has 0 aliphatic heterocycles. The fraction of sp³-hybridized carbons (Fsp3) is 0.258. The summed E-state index contributed by atoms with van der Waals surface area (Å²) >= 11 is 0. The summed E-state index contributed by atoms with van der Waals surface area (Å²) in [7, 11) is 0. The van der Waals surface area contributed by atoms with Gasteiger partial charge in [-0.3, -0.25) is 4.79 Å². The minimum atomic E-state index is -1.50. The van der Waals surface area contributed by atoms with Crippen LogP contribution in [0.5, 0.6) is 0 Å². The third-order valence-electron chi connectivity index (χ3n) is 6.62. The number of aliphatic hydroxyl groups excluding tert-OH is 2. The summed E-state index contributed by atoms with van der Waals surface area (Å²) in [6, 6.07) is 23.0.